The number of carbonyl (C=O) groups excluding carboxylic acids is 1. The fraction of sp³-hybridized carbons (Fsp3) is 0.562. The smallest absolute Gasteiger partial charge is 0.325 e. The monoisotopic (exact) mass is 277 g/mol. The van der Waals surface area contributed by atoms with Gasteiger partial charge in [-0.2, -0.15) is 0 Å². The van der Waals surface area contributed by atoms with E-state index in [0.29, 0.717) is 12.8 Å². The summed E-state index contributed by atoms with van der Waals surface area (Å²) in [6.45, 7) is 4.09. The molecule has 2 atom stereocenters. The van der Waals surface area contributed by atoms with E-state index >= 15 is 0 Å². The van der Waals surface area contributed by atoms with E-state index in [1.165, 1.54) is 18.2 Å². The van der Waals surface area contributed by atoms with Crippen LogP contribution in [0.5, 0.6) is 5.75 Å². The Morgan fingerprint density at radius 1 is 1.30 bits per heavy atom. The van der Waals surface area contributed by atoms with Crippen molar-refractivity contribution in [1.29, 1.82) is 0 Å². The highest BCUT2D eigenvalue weighted by atomic mass is 16.5. The molecule has 0 saturated heterocycles. The van der Waals surface area contributed by atoms with Gasteiger partial charge in [0.2, 0.25) is 0 Å². The fourth-order valence-corrected chi connectivity index (χ4v) is 2.94. The standard InChI is InChI=1S/C16H23NO3/c1-11-7-12(2)9-14(8-11)20-13-5-4-6-16(17,10-13)15(18)19-3/h7-9,13H,4-6,10,17H2,1-3H3. The Bertz CT molecular complexity index is 480. The predicted octanol–water partition coefficient (Wildman–Crippen LogP) is 2.50. The summed E-state index contributed by atoms with van der Waals surface area (Å²) < 4.78 is 10.8. The number of methoxy groups -OCH3 is 1. The van der Waals surface area contributed by atoms with Crippen molar-refractivity contribution in [3.63, 3.8) is 0 Å². The number of hydrogen-bond acceptors (Lipinski definition) is 4. The van der Waals surface area contributed by atoms with Crippen LogP contribution in [0, 0.1) is 13.8 Å². The SMILES string of the molecule is COC(=O)C1(N)CCCC(Oc2cc(C)cc(C)c2)C1. The lowest BCUT2D eigenvalue weighted by Gasteiger charge is -2.35. The zero-order valence-electron chi connectivity index (χ0n) is 12.4. The quantitative estimate of drug-likeness (QED) is 0.862. The number of ether oxygens (including phenoxy) is 2. The summed E-state index contributed by atoms with van der Waals surface area (Å²) in [5.41, 5.74) is 7.59. The van der Waals surface area contributed by atoms with E-state index in [0.717, 1.165) is 18.6 Å². The van der Waals surface area contributed by atoms with Crippen LogP contribution in [0.1, 0.15) is 36.8 Å². The average Bonchev–Trinajstić information content (AvgIpc) is 2.36. The first-order valence-corrected chi connectivity index (χ1v) is 7.05. The fourth-order valence-electron chi connectivity index (χ4n) is 2.94. The second kappa shape index (κ2) is 5.83. The Labute approximate surface area is 120 Å². The number of aryl methyl sites for hydroxylation is 2. The number of carbonyl (C=O) groups is 1. The summed E-state index contributed by atoms with van der Waals surface area (Å²) >= 11 is 0. The Kier molecular flexibility index (Phi) is 4.33. The van der Waals surface area contributed by atoms with E-state index in [2.05, 4.69) is 6.07 Å². The third-order valence-corrected chi connectivity index (χ3v) is 3.83. The third-order valence-electron chi connectivity index (χ3n) is 3.83. The number of nitrogens with two attached hydrogens (primary N) is 1. The van der Waals surface area contributed by atoms with Crippen molar-refractivity contribution in [1.82, 2.24) is 0 Å². The number of benzene rings is 1. The molecule has 110 valence electrons. The van der Waals surface area contributed by atoms with Gasteiger partial charge in [-0.05, 0) is 56.4 Å². The van der Waals surface area contributed by atoms with E-state index in [4.69, 9.17) is 15.2 Å². The number of hydrogen-bond donors (Lipinski definition) is 1. The maximum absolute atomic E-state index is 11.8. The van der Waals surface area contributed by atoms with Crippen LogP contribution < -0.4 is 10.5 Å². The van der Waals surface area contributed by atoms with E-state index < -0.39 is 5.54 Å². The predicted molar refractivity (Wildman–Crippen MR) is 77.7 cm³/mol. The highest BCUT2D eigenvalue weighted by Crippen LogP contribution is 2.30. The minimum absolute atomic E-state index is 0.0333. The molecule has 4 nitrogen and oxygen atoms in total. The molecule has 0 bridgehead atoms. The van der Waals surface area contributed by atoms with Crippen LogP contribution in [0.4, 0.5) is 0 Å². The van der Waals surface area contributed by atoms with Gasteiger partial charge < -0.3 is 15.2 Å². The molecule has 0 spiro atoms. The Hall–Kier alpha value is -1.55. The van der Waals surface area contributed by atoms with E-state index in [9.17, 15) is 4.79 Å². The van der Waals surface area contributed by atoms with E-state index in [1.807, 2.05) is 26.0 Å². The Balaban J connectivity index is 2.08. The highest BCUT2D eigenvalue weighted by Gasteiger charge is 2.41. The first-order chi connectivity index (χ1) is 9.43. The molecule has 0 aliphatic heterocycles. The molecule has 2 rings (SSSR count). The lowest BCUT2D eigenvalue weighted by atomic mass is 9.81. The van der Waals surface area contributed by atoms with Crippen LogP contribution in [0.15, 0.2) is 18.2 Å². The summed E-state index contributed by atoms with van der Waals surface area (Å²) in [5, 5.41) is 0. The largest absolute Gasteiger partial charge is 0.490 e. The first kappa shape index (κ1) is 14.9. The van der Waals surface area contributed by atoms with Crippen LogP contribution >= 0.6 is 0 Å². The Morgan fingerprint density at radius 3 is 2.55 bits per heavy atom. The molecule has 1 aromatic carbocycles. The van der Waals surface area contributed by atoms with Gasteiger partial charge >= 0.3 is 5.97 Å². The van der Waals surface area contributed by atoms with Gasteiger partial charge in [-0.3, -0.25) is 4.79 Å². The normalized spacial score (nSPS) is 26.1. The molecule has 2 N–H and O–H groups in total. The molecule has 0 radical (unpaired) electrons. The van der Waals surface area contributed by atoms with Gasteiger partial charge in [0, 0.05) is 6.42 Å². The molecule has 2 unspecified atom stereocenters. The maximum Gasteiger partial charge on any atom is 0.325 e. The van der Waals surface area contributed by atoms with Gasteiger partial charge in [-0.15, -0.1) is 0 Å². The molecule has 0 aromatic heterocycles. The molecular weight excluding hydrogens is 254 g/mol. The van der Waals surface area contributed by atoms with Gasteiger partial charge in [0.25, 0.3) is 0 Å². The second-order valence-corrected chi connectivity index (χ2v) is 5.81. The zero-order chi connectivity index (χ0) is 14.8. The summed E-state index contributed by atoms with van der Waals surface area (Å²) in [6.07, 6.45) is 2.93. The van der Waals surface area contributed by atoms with E-state index in [-0.39, 0.29) is 12.1 Å². The molecule has 1 saturated carbocycles. The molecular formula is C16H23NO3. The topological polar surface area (TPSA) is 61.5 Å². The highest BCUT2D eigenvalue weighted by molar-refractivity contribution is 5.80. The van der Waals surface area contributed by atoms with Gasteiger partial charge in [0.1, 0.15) is 17.4 Å². The zero-order valence-corrected chi connectivity index (χ0v) is 12.4. The van der Waals surface area contributed by atoms with Crippen LogP contribution in [0.3, 0.4) is 0 Å². The van der Waals surface area contributed by atoms with Crippen LogP contribution in [0.25, 0.3) is 0 Å². The van der Waals surface area contributed by atoms with Crippen LogP contribution in [-0.4, -0.2) is 24.7 Å². The lowest BCUT2D eigenvalue weighted by Crippen LogP contribution is -2.54. The summed E-state index contributed by atoms with van der Waals surface area (Å²) in [6, 6.07) is 6.13. The third kappa shape index (κ3) is 3.31. The molecule has 1 fully saturated rings. The molecule has 1 aliphatic carbocycles. The molecule has 4 heteroatoms. The minimum Gasteiger partial charge on any atom is -0.490 e. The van der Waals surface area contributed by atoms with Gasteiger partial charge in [0.15, 0.2) is 0 Å². The average molecular weight is 277 g/mol. The van der Waals surface area contributed by atoms with E-state index in [1.54, 1.807) is 0 Å². The van der Waals surface area contributed by atoms with Crippen molar-refractivity contribution in [2.75, 3.05) is 7.11 Å². The number of rotatable bonds is 3. The van der Waals surface area contributed by atoms with Crippen molar-refractivity contribution in [2.45, 2.75) is 51.2 Å². The van der Waals surface area contributed by atoms with Crippen molar-refractivity contribution in [3.8, 4) is 5.75 Å². The molecule has 0 heterocycles. The molecule has 0 amide bonds. The van der Waals surface area contributed by atoms with Gasteiger partial charge in [-0.1, -0.05) is 6.07 Å². The molecule has 1 aromatic rings. The van der Waals surface area contributed by atoms with Crippen molar-refractivity contribution < 1.29 is 14.3 Å². The van der Waals surface area contributed by atoms with Gasteiger partial charge in [-0.25, -0.2) is 0 Å². The lowest BCUT2D eigenvalue weighted by molar-refractivity contribution is -0.149. The molecule has 20 heavy (non-hydrogen) atoms. The van der Waals surface area contributed by atoms with Crippen LogP contribution in [-0.2, 0) is 9.53 Å². The summed E-state index contributed by atoms with van der Waals surface area (Å²) in [5.74, 6) is 0.507. The van der Waals surface area contributed by atoms with Crippen molar-refractivity contribution in [3.05, 3.63) is 29.3 Å². The Morgan fingerprint density at radius 2 is 1.95 bits per heavy atom. The first-order valence-electron chi connectivity index (χ1n) is 7.05. The van der Waals surface area contributed by atoms with Crippen molar-refractivity contribution >= 4 is 5.97 Å². The second-order valence-electron chi connectivity index (χ2n) is 5.81. The summed E-state index contributed by atoms with van der Waals surface area (Å²) in [7, 11) is 1.38. The van der Waals surface area contributed by atoms with Crippen LogP contribution in [0.2, 0.25) is 0 Å². The number of esters is 1. The van der Waals surface area contributed by atoms with Gasteiger partial charge in [0.05, 0.1) is 7.11 Å². The van der Waals surface area contributed by atoms with Crippen molar-refractivity contribution in [2.24, 2.45) is 5.73 Å². The molecule has 1 aliphatic rings. The summed E-state index contributed by atoms with van der Waals surface area (Å²) in [4.78, 5) is 11.8. The minimum atomic E-state index is -0.906. The maximum atomic E-state index is 11.8.